The van der Waals surface area contributed by atoms with Gasteiger partial charge in [0.25, 0.3) is 5.91 Å². The normalized spacial score (nSPS) is 13.9. The first-order valence-electron chi connectivity index (χ1n) is 13.0. The van der Waals surface area contributed by atoms with Crippen LogP contribution in [0, 0.1) is 0 Å². The molecule has 1 aromatic heterocycles. The Kier molecular flexibility index (Phi) is 9.31. The van der Waals surface area contributed by atoms with Crippen LogP contribution >= 0.6 is 11.3 Å². The Labute approximate surface area is 218 Å². The smallest absolute Gasteiger partial charge is 0.337 e. The van der Waals surface area contributed by atoms with Crippen molar-refractivity contribution in [2.24, 2.45) is 0 Å². The number of hydrogen-bond donors (Lipinski definition) is 1. The summed E-state index contributed by atoms with van der Waals surface area (Å²) in [5.74, 6) is -0.186. The second-order valence-electron chi connectivity index (χ2n) is 9.40. The van der Waals surface area contributed by atoms with Gasteiger partial charge >= 0.3 is 5.97 Å². The fraction of sp³-hybridized carbons (Fsp3) is 0.400. The average Bonchev–Trinajstić information content (AvgIpc) is 3.41. The maximum atomic E-state index is 13.7. The number of esters is 1. The molecule has 0 unspecified atom stereocenters. The zero-order chi connectivity index (χ0) is 25.3. The number of carbonyl (C=O) groups is 2. The highest BCUT2D eigenvalue weighted by Gasteiger charge is 2.27. The number of benzene rings is 2. The van der Waals surface area contributed by atoms with Gasteiger partial charge in [0.1, 0.15) is 0 Å². The van der Waals surface area contributed by atoms with Crippen molar-refractivity contribution in [3.63, 3.8) is 0 Å². The molecular weight excluding hydrogens is 468 g/mol. The molecular formula is C30H36N2O3S. The van der Waals surface area contributed by atoms with Gasteiger partial charge in [-0.15, -0.1) is 11.3 Å². The van der Waals surface area contributed by atoms with E-state index in [1.54, 1.807) is 23.5 Å². The Morgan fingerprint density at radius 3 is 2.25 bits per heavy atom. The van der Waals surface area contributed by atoms with Gasteiger partial charge in [0.2, 0.25) is 0 Å². The highest BCUT2D eigenvalue weighted by atomic mass is 32.1. The van der Waals surface area contributed by atoms with Gasteiger partial charge in [0.15, 0.2) is 0 Å². The number of nitrogens with zero attached hydrogens (tertiary/aromatic N) is 1. The summed E-state index contributed by atoms with van der Waals surface area (Å²) in [6, 6.07) is 20.2. The molecule has 190 valence electrons. The number of ether oxygens (including phenoxy) is 1. The predicted octanol–water partition coefficient (Wildman–Crippen LogP) is 6.33. The summed E-state index contributed by atoms with van der Waals surface area (Å²) in [5.41, 5.74) is 3.77. The van der Waals surface area contributed by atoms with Crippen LogP contribution in [0.5, 0.6) is 0 Å². The summed E-state index contributed by atoms with van der Waals surface area (Å²) in [4.78, 5) is 29.6. The lowest BCUT2D eigenvalue weighted by atomic mass is 10.0. The third kappa shape index (κ3) is 6.62. The SMILES string of the molecule is CCCCCc1ccc(C(=O)N(Cc2ccc(-c3ccc(C(=O)OC)cc3)cc2)C2CCNCC2)s1. The third-order valence-corrected chi connectivity index (χ3v) is 7.99. The molecule has 4 rings (SSSR count). The molecule has 2 aromatic carbocycles. The molecule has 2 heterocycles. The van der Waals surface area contributed by atoms with E-state index in [-0.39, 0.29) is 17.9 Å². The molecule has 0 atom stereocenters. The van der Waals surface area contributed by atoms with Crippen molar-refractivity contribution >= 4 is 23.2 Å². The van der Waals surface area contributed by atoms with Gasteiger partial charge < -0.3 is 15.0 Å². The maximum Gasteiger partial charge on any atom is 0.337 e. The molecule has 0 aliphatic carbocycles. The minimum atomic E-state index is -0.335. The number of methoxy groups -OCH3 is 1. The molecule has 1 aliphatic heterocycles. The molecule has 1 aliphatic rings. The van der Waals surface area contributed by atoms with Crippen molar-refractivity contribution < 1.29 is 14.3 Å². The summed E-state index contributed by atoms with van der Waals surface area (Å²) in [6.45, 7) is 4.71. The van der Waals surface area contributed by atoms with E-state index in [0.717, 1.165) is 53.9 Å². The molecule has 0 spiro atoms. The van der Waals surface area contributed by atoms with Gasteiger partial charge in [-0.3, -0.25) is 4.79 Å². The number of unbranched alkanes of at least 4 members (excludes halogenated alkanes) is 2. The van der Waals surface area contributed by atoms with Crippen LogP contribution in [0.15, 0.2) is 60.7 Å². The first-order valence-corrected chi connectivity index (χ1v) is 13.8. The molecule has 1 amide bonds. The van der Waals surface area contributed by atoms with E-state index in [9.17, 15) is 9.59 Å². The second-order valence-corrected chi connectivity index (χ2v) is 10.6. The van der Waals surface area contributed by atoms with Crippen molar-refractivity contribution in [1.29, 1.82) is 0 Å². The largest absolute Gasteiger partial charge is 0.465 e. The average molecular weight is 505 g/mol. The molecule has 36 heavy (non-hydrogen) atoms. The molecule has 1 fully saturated rings. The van der Waals surface area contributed by atoms with Crippen LogP contribution in [-0.2, 0) is 17.7 Å². The fourth-order valence-corrected chi connectivity index (χ4v) is 5.72. The van der Waals surface area contributed by atoms with Gasteiger partial charge in [-0.1, -0.05) is 56.2 Å². The number of piperidine rings is 1. The maximum absolute atomic E-state index is 13.7. The summed E-state index contributed by atoms with van der Waals surface area (Å²) in [6.07, 6.45) is 6.63. The van der Waals surface area contributed by atoms with E-state index in [0.29, 0.717) is 12.1 Å². The highest BCUT2D eigenvalue weighted by Crippen LogP contribution is 2.26. The zero-order valence-electron chi connectivity index (χ0n) is 21.3. The lowest BCUT2D eigenvalue weighted by molar-refractivity contribution is 0.0598. The van der Waals surface area contributed by atoms with Crippen molar-refractivity contribution in [3.05, 3.63) is 81.5 Å². The fourth-order valence-electron chi connectivity index (χ4n) is 4.72. The number of carbonyl (C=O) groups excluding carboxylic acids is 2. The lowest BCUT2D eigenvalue weighted by Crippen LogP contribution is -2.45. The minimum absolute atomic E-state index is 0.149. The first kappa shape index (κ1) is 26.1. The van der Waals surface area contributed by atoms with Crippen LogP contribution in [0.3, 0.4) is 0 Å². The van der Waals surface area contributed by atoms with E-state index in [4.69, 9.17) is 4.74 Å². The topological polar surface area (TPSA) is 58.6 Å². The number of nitrogens with one attached hydrogen (secondary N) is 1. The van der Waals surface area contributed by atoms with Crippen LogP contribution in [0.2, 0.25) is 0 Å². The van der Waals surface area contributed by atoms with Crippen molar-refractivity contribution in [1.82, 2.24) is 10.2 Å². The van der Waals surface area contributed by atoms with Crippen molar-refractivity contribution in [2.75, 3.05) is 20.2 Å². The Hall–Kier alpha value is -2.96. The zero-order valence-corrected chi connectivity index (χ0v) is 22.1. The van der Waals surface area contributed by atoms with Crippen LogP contribution in [0.1, 0.15) is 69.5 Å². The Bertz CT molecular complexity index is 1130. The van der Waals surface area contributed by atoms with E-state index >= 15 is 0 Å². The van der Waals surface area contributed by atoms with Crippen molar-refractivity contribution in [2.45, 2.75) is 58.0 Å². The standard InChI is InChI=1S/C30H36N2O3S/c1-3-4-5-6-27-15-16-28(36-27)29(33)32(26-17-19-31-20-18-26)21-22-7-9-23(10-8-22)24-11-13-25(14-12-24)30(34)35-2/h7-16,26,31H,3-6,17-21H2,1-2H3. The molecule has 3 aromatic rings. The Balaban J connectivity index is 1.48. The number of hydrogen-bond acceptors (Lipinski definition) is 5. The molecule has 0 radical (unpaired) electrons. The van der Waals surface area contributed by atoms with E-state index in [1.165, 1.54) is 31.2 Å². The first-order chi connectivity index (χ1) is 17.6. The lowest BCUT2D eigenvalue weighted by Gasteiger charge is -2.34. The van der Waals surface area contributed by atoms with E-state index in [2.05, 4.69) is 47.5 Å². The third-order valence-electron chi connectivity index (χ3n) is 6.86. The van der Waals surface area contributed by atoms with Gasteiger partial charge in [-0.25, -0.2) is 4.79 Å². The van der Waals surface area contributed by atoms with E-state index in [1.807, 2.05) is 18.2 Å². The van der Waals surface area contributed by atoms with Gasteiger partial charge in [0, 0.05) is 17.5 Å². The van der Waals surface area contributed by atoms with Gasteiger partial charge in [0.05, 0.1) is 17.6 Å². The van der Waals surface area contributed by atoms with Gasteiger partial charge in [-0.05, 0) is 79.7 Å². The Morgan fingerprint density at radius 2 is 1.61 bits per heavy atom. The molecule has 5 nitrogen and oxygen atoms in total. The number of thiophene rings is 1. The van der Waals surface area contributed by atoms with Crippen LogP contribution in [-0.4, -0.2) is 43.0 Å². The molecule has 1 saturated heterocycles. The number of rotatable bonds is 10. The number of amides is 1. The molecule has 1 N–H and O–H groups in total. The highest BCUT2D eigenvalue weighted by molar-refractivity contribution is 7.14. The van der Waals surface area contributed by atoms with Crippen LogP contribution < -0.4 is 5.32 Å². The summed E-state index contributed by atoms with van der Waals surface area (Å²) >= 11 is 1.66. The summed E-state index contributed by atoms with van der Waals surface area (Å²) in [7, 11) is 1.39. The summed E-state index contributed by atoms with van der Waals surface area (Å²) in [5, 5.41) is 3.42. The van der Waals surface area contributed by atoms with E-state index < -0.39 is 0 Å². The molecule has 0 saturated carbocycles. The monoisotopic (exact) mass is 504 g/mol. The van der Waals surface area contributed by atoms with Crippen molar-refractivity contribution in [3.8, 4) is 11.1 Å². The Morgan fingerprint density at radius 1 is 0.944 bits per heavy atom. The van der Waals surface area contributed by atoms with Crippen LogP contribution in [0.25, 0.3) is 11.1 Å². The van der Waals surface area contributed by atoms with Crippen LogP contribution in [0.4, 0.5) is 0 Å². The summed E-state index contributed by atoms with van der Waals surface area (Å²) < 4.78 is 4.78. The second kappa shape index (κ2) is 12.8. The number of aryl methyl sites for hydroxylation is 1. The predicted molar refractivity (Wildman–Crippen MR) is 147 cm³/mol. The molecule has 0 bridgehead atoms. The quantitative estimate of drug-likeness (QED) is 0.259. The minimum Gasteiger partial charge on any atom is -0.465 e. The van der Waals surface area contributed by atoms with Gasteiger partial charge in [-0.2, -0.15) is 0 Å². The molecule has 6 heteroatoms.